The van der Waals surface area contributed by atoms with Crippen LogP contribution in [0.25, 0.3) is 11.1 Å². The molecule has 9 nitrogen and oxygen atoms in total. The van der Waals surface area contributed by atoms with Gasteiger partial charge in [-0.15, -0.1) is 13.2 Å². The summed E-state index contributed by atoms with van der Waals surface area (Å²) in [4.78, 5) is 24.9. The summed E-state index contributed by atoms with van der Waals surface area (Å²) in [6, 6.07) is 10.9. The summed E-state index contributed by atoms with van der Waals surface area (Å²) >= 11 is 0. The molecule has 0 aliphatic rings. The van der Waals surface area contributed by atoms with E-state index in [9.17, 15) is 33.1 Å². The Morgan fingerprint density at radius 1 is 1.06 bits per heavy atom. The Balaban J connectivity index is 1.65. The molecule has 3 aromatic rings. The predicted octanol–water partition coefficient (Wildman–Crippen LogP) is 2.74. The molecule has 1 aromatic heterocycles. The summed E-state index contributed by atoms with van der Waals surface area (Å²) < 4.78 is 47.1. The highest BCUT2D eigenvalue weighted by atomic mass is 19.4. The molecule has 1 heterocycles. The standard InChI is InChI=1S/C20H18F3N3O6/c21-20(22,23)32-17-7-3-14(4-8-17)13-1-5-16(6-2-13)31-11-15(26(30)12-27)10-25-18(28)9-24-19(25)29/h1-9,12,15,28,30H,10-11H2,(H,24,29). The van der Waals surface area contributed by atoms with E-state index >= 15 is 0 Å². The van der Waals surface area contributed by atoms with Crippen LogP contribution in [0.15, 0.2) is 59.5 Å². The molecule has 0 saturated heterocycles. The van der Waals surface area contributed by atoms with E-state index in [1.54, 1.807) is 24.3 Å². The molecule has 0 spiro atoms. The fourth-order valence-corrected chi connectivity index (χ4v) is 2.86. The Hall–Kier alpha value is -3.93. The number of nitrogens with one attached hydrogen (secondary N) is 1. The topological polar surface area (TPSA) is 117 Å². The Morgan fingerprint density at radius 2 is 1.62 bits per heavy atom. The van der Waals surface area contributed by atoms with Gasteiger partial charge in [-0.3, -0.25) is 14.6 Å². The quantitative estimate of drug-likeness (QED) is 0.261. The molecule has 0 aliphatic carbocycles. The van der Waals surface area contributed by atoms with Crippen LogP contribution in [-0.2, 0) is 11.3 Å². The highest BCUT2D eigenvalue weighted by molar-refractivity contribution is 5.64. The lowest BCUT2D eigenvalue weighted by molar-refractivity contribution is -0.274. The van der Waals surface area contributed by atoms with Crippen molar-refractivity contribution in [2.75, 3.05) is 6.61 Å². The Labute approximate surface area is 178 Å². The Bertz CT molecular complexity index is 1090. The highest BCUT2D eigenvalue weighted by Crippen LogP contribution is 2.27. The molecule has 0 fully saturated rings. The lowest BCUT2D eigenvalue weighted by Crippen LogP contribution is -2.41. The van der Waals surface area contributed by atoms with Crippen LogP contribution >= 0.6 is 0 Å². The van der Waals surface area contributed by atoms with Crippen LogP contribution in [0.1, 0.15) is 0 Å². The second-order valence-corrected chi connectivity index (χ2v) is 6.61. The van der Waals surface area contributed by atoms with Gasteiger partial charge < -0.3 is 19.6 Å². The van der Waals surface area contributed by atoms with Crippen molar-refractivity contribution in [2.45, 2.75) is 18.9 Å². The van der Waals surface area contributed by atoms with Crippen LogP contribution in [-0.4, -0.2) is 50.3 Å². The number of ether oxygens (including phenoxy) is 2. The van der Waals surface area contributed by atoms with Gasteiger partial charge in [-0.05, 0) is 35.4 Å². The van der Waals surface area contributed by atoms with Gasteiger partial charge in [0.1, 0.15) is 24.1 Å². The number of carbonyl (C=O) groups excluding carboxylic acids is 1. The van der Waals surface area contributed by atoms with E-state index < -0.39 is 18.1 Å². The van der Waals surface area contributed by atoms with Gasteiger partial charge in [0.2, 0.25) is 12.3 Å². The van der Waals surface area contributed by atoms with Crippen molar-refractivity contribution in [2.24, 2.45) is 0 Å². The number of hydrogen-bond donors (Lipinski definition) is 3. The summed E-state index contributed by atoms with van der Waals surface area (Å²) in [6.45, 7) is -0.428. The van der Waals surface area contributed by atoms with Gasteiger partial charge in [0.05, 0.1) is 12.7 Å². The minimum atomic E-state index is -4.76. The summed E-state index contributed by atoms with van der Waals surface area (Å²) in [6.07, 6.45) is -3.54. The summed E-state index contributed by atoms with van der Waals surface area (Å²) in [7, 11) is 0. The van der Waals surface area contributed by atoms with Gasteiger partial charge >= 0.3 is 12.1 Å². The maximum Gasteiger partial charge on any atom is 0.573 e. The highest BCUT2D eigenvalue weighted by Gasteiger charge is 2.31. The number of halogens is 3. The number of hydrogen-bond acceptors (Lipinski definition) is 6. The molecule has 1 unspecified atom stereocenters. The van der Waals surface area contributed by atoms with Crippen molar-refractivity contribution in [3.05, 3.63) is 65.2 Å². The minimum absolute atomic E-state index is 0.151. The fourth-order valence-electron chi connectivity index (χ4n) is 2.86. The molecule has 170 valence electrons. The second kappa shape index (κ2) is 9.47. The normalized spacial score (nSPS) is 12.2. The van der Waals surface area contributed by atoms with E-state index in [0.717, 1.165) is 10.8 Å². The molecule has 0 radical (unpaired) electrons. The van der Waals surface area contributed by atoms with Crippen molar-refractivity contribution < 1.29 is 37.8 Å². The lowest BCUT2D eigenvalue weighted by atomic mass is 10.1. The first kappa shape index (κ1) is 22.7. The number of nitrogens with zero attached hydrogens (tertiary/aromatic N) is 2. The van der Waals surface area contributed by atoms with Crippen molar-refractivity contribution in [1.29, 1.82) is 0 Å². The number of aromatic amines is 1. The van der Waals surface area contributed by atoms with Gasteiger partial charge in [0, 0.05) is 0 Å². The van der Waals surface area contributed by atoms with Gasteiger partial charge in [0.25, 0.3) is 0 Å². The zero-order valence-corrected chi connectivity index (χ0v) is 16.3. The van der Waals surface area contributed by atoms with E-state index in [2.05, 4.69) is 9.72 Å². The van der Waals surface area contributed by atoms with Gasteiger partial charge in [-0.2, -0.15) is 0 Å². The first-order valence-corrected chi connectivity index (χ1v) is 9.15. The number of H-pyrrole nitrogens is 1. The number of alkyl halides is 3. The van der Waals surface area contributed by atoms with Crippen LogP contribution in [0.2, 0.25) is 0 Å². The molecular formula is C20H18F3N3O6. The van der Waals surface area contributed by atoms with Gasteiger partial charge in [0.15, 0.2) is 0 Å². The number of hydroxylamine groups is 2. The van der Waals surface area contributed by atoms with E-state index in [4.69, 9.17) is 4.74 Å². The van der Waals surface area contributed by atoms with E-state index in [1.165, 1.54) is 24.3 Å². The maximum atomic E-state index is 12.3. The fraction of sp³-hybridized carbons (Fsp3) is 0.200. The summed E-state index contributed by atoms with van der Waals surface area (Å²) in [5.74, 6) is -0.320. The number of imidazole rings is 1. The SMILES string of the molecule is O=CN(O)C(COc1ccc(-c2ccc(OC(F)(F)F)cc2)cc1)Cn1c(O)c[nH]c1=O. The van der Waals surface area contributed by atoms with Crippen molar-refractivity contribution >= 4 is 6.41 Å². The predicted molar refractivity (Wildman–Crippen MR) is 104 cm³/mol. The molecule has 1 amide bonds. The molecule has 32 heavy (non-hydrogen) atoms. The average molecular weight is 453 g/mol. The van der Waals surface area contributed by atoms with E-state index in [0.29, 0.717) is 21.9 Å². The Morgan fingerprint density at radius 3 is 2.09 bits per heavy atom. The second-order valence-electron chi connectivity index (χ2n) is 6.61. The molecule has 1 atom stereocenters. The number of aromatic nitrogens is 2. The molecule has 3 N–H and O–H groups in total. The van der Waals surface area contributed by atoms with E-state index in [-0.39, 0.29) is 31.2 Å². The molecule has 0 bridgehead atoms. The van der Waals surface area contributed by atoms with Crippen molar-refractivity contribution in [3.8, 4) is 28.5 Å². The number of benzene rings is 2. The minimum Gasteiger partial charge on any atom is -0.493 e. The number of aromatic hydroxyl groups is 1. The van der Waals surface area contributed by atoms with Crippen LogP contribution in [0, 0.1) is 0 Å². The molecule has 0 saturated carbocycles. The lowest BCUT2D eigenvalue weighted by Gasteiger charge is -2.23. The largest absolute Gasteiger partial charge is 0.573 e. The first-order valence-electron chi connectivity index (χ1n) is 9.15. The molecule has 0 aliphatic heterocycles. The van der Waals surface area contributed by atoms with Gasteiger partial charge in [-0.25, -0.2) is 9.86 Å². The average Bonchev–Trinajstić information content (AvgIpc) is 3.07. The molecule has 2 aromatic carbocycles. The third-order valence-corrected chi connectivity index (χ3v) is 4.44. The van der Waals surface area contributed by atoms with Crippen LogP contribution in [0.3, 0.4) is 0 Å². The van der Waals surface area contributed by atoms with Crippen LogP contribution < -0.4 is 15.2 Å². The molecule has 12 heteroatoms. The third-order valence-electron chi connectivity index (χ3n) is 4.44. The first-order chi connectivity index (χ1) is 15.2. The Kier molecular flexibility index (Phi) is 6.73. The smallest absolute Gasteiger partial charge is 0.493 e. The third kappa shape index (κ3) is 5.82. The monoisotopic (exact) mass is 453 g/mol. The number of carbonyl (C=O) groups is 1. The van der Waals surface area contributed by atoms with Crippen molar-refractivity contribution in [3.63, 3.8) is 0 Å². The molecule has 3 rings (SSSR count). The van der Waals surface area contributed by atoms with Crippen molar-refractivity contribution in [1.82, 2.24) is 14.6 Å². The van der Waals surface area contributed by atoms with Crippen LogP contribution in [0.5, 0.6) is 17.4 Å². The summed E-state index contributed by atoms with van der Waals surface area (Å²) in [5.41, 5.74) is 0.726. The number of amides is 1. The van der Waals surface area contributed by atoms with Crippen LogP contribution in [0.4, 0.5) is 13.2 Å². The summed E-state index contributed by atoms with van der Waals surface area (Å²) in [5, 5.41) is 19.8. The maximum absolute atomic E-state index is 12.3. The number of rotatable bonds is 9. The molecular weight excluding hydrogens is 435 g/mol. The zero-order chi connectivity index (χ0) is 23.3. The van der Waals surface area contributed by atoms with E-state index in [1.807, 2.05) is 0 Å². The van der Waals surface area contributed by atoms with Gasteiger partial charge in [-0.1, -0.05) is 24.3 Å². The zero-order valence-electron chi connectivity index (χ0n) is 16.3.